The second-order valence-electron chi connectivity index (χ2n) is 7.73. The van der Waals surface area contributed by atoms with Gasteiger partial charge in [0.1, 0.15) is 5.82 Å². The van der Waals surface area contributed by atoms with E-state index in [-0.39, 0.29) is 24.7 Å². The highest BCUT2D eigenvalue weighted by molar-refractivity contribution is 5.77. The molecule has 0 N–H and O–H groups in total. The van der Waals surface area contributed by atoms with Gasteiger partial charge in [-0.3, -0.25) is 9.36 Å². The predicted octanol–water partition coefficient (Wildman–Crippen LogP) is 3.99. The van der Waals surface area contributed by atoms with Crippen molar-refractivity contribution in [3.63, 3.8) is 0 Å². The minimum Gasteiger partial charge on any atom is -0.338 e. The van der Waals surface area contributed by atoms with E-state index >= 15 is 0 Å². The lowest BCUT2D eigenvalue weighted by Gasteiger charge is -2.18. The van der Waals surface area contributed by atoms with E-state index in [0.717, 1.165) is 32.9 Å². The molecule has 0 saturated heterocycles. The topological polar surface area (TPSA) is 68.3 Å². The molecule has 162 valence electrons. The van der Waals surface area contributed by atoms with Gasteiger partial charge in [-0.2, -0.15) is 13.9 Å². The molecule has 0 atom stereocenters. The molecule has 1 aromatic carbocycles. The molecular weight excluding hydrogens is 402 g/mol. The summed E-state index contributed by atoms with van der Waals surface area (Å²) in [4.78, 5) is 23.1. The van der Waals surface area contributed by atoms with Crippen LogP contribution in [0, 0.1) is 20.8 Å². The summed E-state index contributed by atoms with van der Waals surface area (Å²) in [7, 11) is 1.61. The number of carbonyl (C=O) groups excluding carboxylic acids is 1. The SMILES string of the molecule is Cc1cc2nc(C)c(CCC(=O)N(C)Cc3nc4ccccc4n3C(F)F)c(C)n2n1. The quantitative estimate of drug-likeness (QED) is 0.468. The highest BCUT2D eigenvalue weighted by atomic mass is 19.3. The zero-order chi connectivity index (χ0) is 22.3. The number of aromatic nitrogens is 5. The summed E-state index contributed by atoms with van der Waals surface area (Å²) in [5.74, 6) is 0.0120. The summed E-state index contributed by atoms with van der Waals surface area (Å²) >= 11 is 0. The molecule has 31 heavy (non-hydrogen) atoms. The van der Waals surface area contributed by atoms with Crippen LogP contribution in [0.5, 0.6) is 0 Å². The van der Waals surface area contributed by atoms with Crippen LogP contribution < -0.4 is 0 Å². The molecule has 4 aromatic rings. The number of nitrogens with zero attached hydrogens (tertiary/aromatic N) is 6. The molecule has 3 aromatic heterocycles. The van der Waals surface area contributed by atoms with Crippen molar-refractivity contribution in [2.75, 3.05) is 7.05 Å². The first-order valence-electron chi connectivity index (χ1n) is 10.1. The van der Waals surface area contributed by atoms with Gasteiger partial charge in [-0.15, -0.1) is 0 Å². The van der Waals surface area contributed by atoms with Gasteiger partial charge in [0.05, 0.1) is 23.3 Å². The Morgan fingerprint density at radius 1 is 1.16 bits per heavy atom. The van der Waals surface area contributed by atoms with E-state index in [9.17, 15) is 13.6 Å². The van der Waals surface area contributed by atoms with Gasteiger partial charge < -0.3 is 4.90 Å². The molecule has 7 nitrogen and oxygen atoms in total. The minimum absolute atomic E-state index is 0.00541. The van der Waals surface area contributed by atoms with Crippen LogP contribution in [0.15, 0.2) is 30.3 Å². The van der Waals surface area contributed by atoms with E-state index in [0.29, 0.717) is 17.5 Å². The Labute approximate surface area is 178 Å². The fraction of sp³-hybridized carbons (Fsp3) is 0.364. The number of amides is 1. The molecule has 0 radical (unpaired) electrons. The number of hydrogen-bond acceptors (Lipinski definition) is 4. The summed E-state index contributed by atoms with van der Waals surface area (Å²) < 4.78 is 29.9. The largest absolute Gasteiger partial charge is 0.338 e. The van der Waals surface area contributed by atoms with Gasteiger partial charge in [0.25, 0.3) is 0 Å². The zero-order valence-corrected chi connectivity index (χ0v) is 17.9. The monoisotopic (exact) mass is 426 g/mol. The van der Waals surface area contributed by atoms with E-state index in [1.165, 1.54) is 4.90 Å². The van der Waals surface area contributed by atoms with Crippen LogP contribution in [0.1, 0.15) is 41.4 Å². The molecule has 4 rings (SSSR count). The lowest BCUT2D eigenvalue weighted by Crippen LogP contribution is -2.28. The number of para-hydroxylation sites is 2. The van der Waals surface area contributed by atoms with Crippen LogP contribution in [-0.2, 0) is 17.8 Å². The van der Waals surface area contributed by atoms with Crippen molar-refractivity contribution in [2.24, 2.45) is 0 Å². The molecule has 9 heteroatoms. The normalized spacial score (nSPS) is 11.7. The van der Waals surface area contributed by atoms with Gasteiger partial charge in [-0.25, -0.2) is 14.5 Å². The van der Waals surface area contributed by atoms with Crippen molar-refractivity contribution < 1.29 is 13.6 Å². The van der Waals surface area contributed by atoms with Crippen molar-refractivity contribution in [3.8, 4) is 0 Å². The fourth-order valence-corrected chi connectivity index (χ4v) is 3.95. The number of benzene rings is 1. The molecule has 3 heterocycles. The molecule has 1 amide bonds. The number of rotatable bonds is 6. The standard InChI is InChI=1S/C22H24F2N6O/c1-13-11-19-25-14(2)16(15(3)30(19)27-13)9-10-21(31)28(4)12-20-26-17-7-5-6-8-18(17)29(20)22(23)24/h5-8,11,22H,9-10,12H2,1-4H3. The summed E-state index contributed by atoms with van der Waals surface area (Å²) in [6.45, 7) is 3.07. The Morgan fingerprint density at radius 3 is 2.65 bits per heavy atom. The Hall–Kier alpha value is -3.36. The van der Waals surface area contributed by atoms with Gasteiger partial charge in [-0.05, 0) is 44.9 Å². The van der Waals surface area contributed by atoms with Crippen molar-refractivity contribution in [3.05, 3.63) is 58.8 Å². The van der Waals surface area contributed by atoms with Crippen LogP contribution in [0.25, 0.3) is 16.7 Å². The van der Waals surface area contributed by atoms with Crippen molar-refractivity contribution >= 4 is 22.6 Å². The van der Waals surface area contributed by atoms with Crippen LogP contribution in [0.4, 0.5) is 8.78 Å². The predicted molar refractivity (Wildman–Crippen MR) is 113 cm³/mol. The summed E-state index contributed by atoms with van der Waals surface area (Å²) in [5, 5.41) is 4.46. The lowest BCUT2D eigenvalue weighted by molar-refractivity contribution is -0.130. The molecule has 0 aliphatic heterocycles. The van der Waals surface area contributed by atoms with Crippen molar-refractivity contribution in [2.45, 2.75) is 46.7 Å². The third-order valence-electron chi connectivity index (χ3n) is 5.54. The fourth-order valence-electron chi connectivity index (χ4n) is 3.95. The first kappa shape index (κ1) is 20.9. The van der Waals surface area contributed by atoms with Gasteiger partial charge in [0, 0.05) is 30.9 Å². The Bertz CT molecular complexity index is 1280. The van der Waals surface area contributed by atoms with Crippen LogP contribution in [-0.4, -0.2) is 42.0 Å². The molecule has 0 aliphatic carbocycles. The maximum Gasteiger partial charge on any atom is 0.320 e. The van der Waals surface area contributed by atoms with E-state index in [2.05, 4.69) is 15.1 Å². The highest BCUT2D eigenvalue weighted by Crippen LogP contribution is 2.24. The van der Waals surface area contributed by atoms with E-state index < -0.39 is 6.55 Å². The number of carbonyl (C=O) groups is 1. The molecule has 0 aliphatic rings. The van der Waals surface area contributed by atoms with Crippen LogP contribution >= 0.6 is 0 Å². The second kappa shape index (κ2) is 8.05. The van der Waals surface area contributed by atoms with Gasteiger partial charge in [-0.1, -0.05) is 12.1 Å². The molecule has 0 bridgehead atoms. The third kappa shape index (κ3) is 3.87. The molecule has 0 saturated carbocycles. The molecule has 0 fully saturated rings. The summed E-state index contributed by atoms with van der Waals surface area (Å²) in [6, 6.07) is 8.65. The number of halogens is 2. The lowest BCUT2D eigenvalue weighted by atomic mass is 10.1. The van der Waals surface area contributed by atoms with Gasteiger partial charge >= 0.3 is 6.55 Å². The number of aryl methyl sites for hydroxylation is 3. The number of hydrogen-bond donors (Lipinski definition) is 0. The maximum atomic E-state index is 13.6. The number of alkyl halides is 2. The highest BCUT2D eigenvalue weighted by Gasteiger charge is 2.21. The Morgan fingerprint density at radius 2 is 1.90 bits per heavy atom. The molecule has 0 spiro atoms. The third-order valence-corrected chi connectivity index (χ3v) is 5.54. The van der Waals surface area contributed by atoms with Gasteiger partial charge in [0.2, 0.25) is 5.91 Å². The first-order chi connectivity index (χ1) is 14.8. The minimum atomic E-state index is -2.73. The smallest absolute Gasteiger partial charge is 0.320 e. The zero-order valence-electron chi connectivity index (χ0n) is 17.9. The number of imidazole rings is 1. The van der Waals surface area contributed by atoms with Crippen LogP contribution in [0.3, 0.4) is 0 Å². The summed E-state index contributed by atoms with van der Waals surface area (Å²) in [5.41, 5.74) is 5.28. The Balaban J connectivity index is 1.51. The molecule has 0 unspecified atom stereocenters. The first-order valence-corrected chi connectivity index (χ1v) is 10.1. The van der Waals surface area contributed by atoms with Crippen molar-refractivity contribution in [1.29, 1.82) is 0 Å². The molecular formula is C22H24F2N6O. The van der Waals surface area contributed by atoms with E-state index in [1.807, 2.05) is 26.8 Å². The summed E-state index contributed by atoms with van der Waals surface area (Å²) in [6.07, 6.45) is 0.731. The second-order valence-corrected chi connectivity index (χ2v) is 7.73. The van der Waals surface area contributed by atoms with Crippen LogP contribution in [0.2, 0.25) is 0 Å². The average Bonchev–Trinajstić information content (AvgIpc) is 3.26. The van der Waals surface area contributed by atoms with E-state index in [4.69, 9.17) is 0 Å². The van der Waals surface area contributed by atoms with Gasteiger partial charge in [0.15, 0.2) is 5.65 Å². The van der Waals surface area contributed by atoms with E-state index in [1.54, 1.807) is 35.8 Å². The average molecular weight is 426 g/mol. The number of fused-ring (bicyclic) bond motifs is 2. The Kier molecular flexibility index (Phi) is 5.43. The van der Waals surface area contributed by atoms with Crippen molar-refractivity contribution in [1.82, 2.24) is 29.0 Å². The maximum absolute atomic E-state index is 13.6.